The molecule has 0 aliphatic rings. The van der Waals surface area contributed by atoms with E-state index in [2.05, 4.69) is 49.0 Å². The van der Waals surface area contributed by atoms with Gasteiger partial charge in [-0.25, -0.2) is 4.98 Å². The summed E-state index contributed by atoms with van der Waals surface area (Å²) in [6.45, 7) is 5.08. The van der Waals surface area contributed by atoms with Gasteiger partial charge in [-0.3, -0.25) is 0 Å². The summed E-state index contributed by atoms with van der Waals surface area (Å²) in [7, 11) is 2.09. The number of benzene rings is 1. The maximum Gasteiger partial charge on any atom is 0.129 e. The van der Waals surface area contributed by atoms with Crippen molar-refractivity contribution in [2.75, 3.05) is 11.9 Å². The van der Waals surface area contributed by atoms with E-state index in [4.69, 9.17) is 11.6 Å². The Hall–Kier alpha value is -1.54. The third-order valence-corrected chi connectivity index (χ3v) is 3.20. The second kappa shape index (κ2) is 5.40. The standard InChI is InChI=1S/C15H17ClN2/c1-11-4-6-14(12(2)8-11)18(3)10-13-5-7-15(16)17-9-13/h4-9H,10H2,1-3H3. The van der Waals surface area contributed by atoms with Crippen molar-refractivity contribution in [3.63, 3.8) is 0 Å². The van der Waals surface area contributed by atoms with Gasteiger partial charge in [0.15, 0.2) is 0 Å². The van der Waals surface area contributed by atoms with Crippen LogP contribution in [0.3, 0.4) is 0 Å². The van der Waals surface area contributed by atoms with Crippen LogP contribution >= 0.6 is 11.6 Å². The maximum absolute atomic E-state index is 5.78. The van der Waals surface area contributed by atoms with Crippen LogP contribution in [0, 0.1) is 13.8 Å². The largest absolute Gasteiger partial charge is 0.370 e. The molecule has 0 fully saturated rings. The smallest absolute Gasteiger partial charge is 0.129 e. The fraction of sp³-hybridized carbons (Fsp3) is 0.267. The SMILES string of the molecule is Cc1ccc(N(C)Cc2ccc(Cl)nc2)c(C)c1. The number of anilines is 1. The Balaban J connectivity index is 2.16. The van der Waals surface area contributed by atoms with Crippen molar-refractivity contribution in [3.8, 4) is 0 Å². The van der Waals surface area contributed by atoms with Crippen LogP contribution in [0.25, 0.3) is 0 Å². The Morgan fingerprint density at radius 3 is 2.56 bits per heavy atom. The Bertz CT molecular complexity index is 535. The van der Waals surface area contributed by atoms with Gasteiger partial charge in [-0.05, 0) is 37.1 Å². The van der Waals surface area contributed by atoms with E-state index in [0.29, 0.717) is 5.15 Å². The topological polar surface area (TPSA) is 16.1 Å². The highest BCUT2D eigenvalue weighted by atomic mass is 35.5. The minimum Gasteiger partial charge on any atom is -0.370 e. The van der Waals surface area contributed by atoms with Gasteiger partial charge < -0.3 is 4.90 Å². The summed E-state index contributed by atoms with van der Waals surface area (Å²) in [6, 6.07) is 10.3. The number of aryl methyl sites for hydroxylation is 2. The molecule has 1 aromatic carbocycles. The third kappa shape index (κ3) is 3.02. The predicted octanol–water partition coefficient (Wildman–Crippen LogP) is 3.99. The van der Waals surface area contributed by atoms with E-state index in [1.54, 1.807) is 0 Å². The van der Waals surface area contributed by atoms with Gasteiger partial charge in [0.2, 0.25) is 0 Å². The summed E-state index contributed by atoms with van der Waals surface area (Å²) in [6.07, 6.45) is 1.82. The summed E-state index contributed by atoms with van der Waals surface area (Å²) >= 11 is 5.78. The first kappa shape index (κ1) is 12.9. The number of aromatic nitrogens is 1. The van der Waals surface area contributed by atoms with E-state index in [0.717, 1.165) is 12.1 Å². The van der Waals surface area contributed by atoms with Gasteiger partial charge in [-0.1, -0.05) is 35.4 Å². The van der Waals surface area contributed by atoms with Gasteiger partial charge in [-0.15, -0.1) is 0 Å². The number of rotatable bonds is 3. The van der Waals surface area contributed by atoms with Gasteiger partial charge in [0.1, 0.15) is 5.15 Å². The van der Waals surface area contributed by atoms with Crippen LogP contribution in [-0.2, 0) is 6.54 Å². The van der Waals surface area contributed by atoms with Crippen LogP contribution in [0.5, 0.6) is 0 Å². The molecular formula is C15H17ClN2. The van der Waals surface area contributed by atoms with Crippen molar-refractivity contribution in [2.45, 2.75) is 20.4 Å². The Kier molecular flexibility index (Phi) is 3.87. The molecule has 2 nitrogen and oxygen atoms in total. The average molecular weight is 261 g/mol. The molecule has 0 amide bonds. The molecule has 1 aromatic heterocycles. The number of hydrogen-bond acceptors (Lipinski definition) is 2. The fourth-order valence-corrected chi connectivity index (χ4v) is 2.20. The van der Waals surface area contributed by atoms with Crippen molar-refractivity contribution in [2.24, 2.45) is 0 Å². The summed E-state index contributed by atoms with van der Waals surface area (Å²) < 4.78 is 0. The molecule has 0 unspecified atom stereocenters. The van der Waals surface area contributed by atoms with Crippen LogP contribution in [-0.4, -0.2) is 12.0 Å². The molecule has 18 heavy (non-hydrogen) atoms. The van der Waals surface area contributed by atoms with Crippen molar-refractivity contribution < 1.29 is 0 Å². The molecule has 2 rings (SSSR count). The molecule has 0 saturated carbocycles. The quantitative estimate of drug-likeness (QED) is 0.776. The van der Waals surface area contributed by atoms with E-state index in [9.17, 15) is 0 Å². The van der Waals surface area contributed by atoms with E-state index in [1.165, 1.54) is 16.8 Å². The molecule has 0 bridgehead atoms. The maximum atomic E-state index is 5.78. The normalized spacial score (nSPS) is 10.4. The van der Waals surface area contributed by atoms with Crippen molar-refractivity contribution in [1.29, 1.82) is 0 Å². The van der Waals surface area contributed by atoms with Gasteiger partial charge in [-0.2, -0.15) is 0 Å². The minimum atomic E-state index is 0.535. The second-order valence-corrected chi connectivity index (χ2v) is 5.02. The monoisotopic (exact) mass is 260 g/mol. The minimum absolute atomic E-state index is 0.535. The fourth-order valence-electron chi connectivity index (χ4n) is 2.09. The highest BCUT2D eigenvalue weighted by Crippen LogP contribution is 2.21. The molecule has 0 atom stereocenters. The molecule has 1 heterocycles. The molecular weight excluding hydrogens is 244 g/mol. The van der Waals surface area contributed by atoms with E-state index >= 15 is 0 Å². The van der Waals surface area contributed by atoms with Crippen molar-refractivity contribution in [1.82, 2.24) is 4.98 Å². The summed E-state index contributed by atoms with van der Waals surface area (Å²) in [5.41, 5.74) is 4.98. The van der Waals surface area contributed by atoms with Crippen molar-refractivity contribution >= 4 is 17.3 Å². The lowest BCUT2D eigenvalue weighted by Crippen LogP contribution is -2.17. The first-order chi connectivity index (χ1) is 8.56. The molecule has 0 saturated heterocycles. The Morgan fingerprint density at radius 2 is 1.94 bits per heavy atom. The summed E-state index contributed by atoms with van der Waals surface area (Å²) in [5, 5.41) is 0.535. The first-order valence-corrected chi connectivity index (χ1v) is 6.33. The number of nitrogens with zero attached hydrogens (tertiary/aromatic N) is 2. The Labute approximate surface area is 113 Å². The predicted molar refractivity (Wildman–Crippen MR) is 77.3 cm³/mol. The second-order valence-electron chi connectivity index (χ2n) is 4.64. The molecule has 0 N–H and O–H groups in total. The number of hydrogen-bond donors (Lipinski definition) is 0. The van der Waals surface area contributed by atoms with Crippen molar-refractivity contribution in [3.05, 3.63) is 58.4 Å². The van der Waals surface area contributed by atoms with Gasteiger partial charge in [0, 0.05) is 25.5 Å². The molecule has 94 valence electrons. The molecule has 3 heteroatoms. The van der Waals surface area contributed by atoms with Gasteiger partial charge in [0.25, 0.3) is 0 Å². The highest BCUT2D eigenvalue weighted by molar-refractivity contribution is 6.29. The van der Waals surface area contributed by atoms with Crippen LogP contribution in [0.2, 0.25) is 5.15 Å². The first-order valence-electron chi connectivity index (χ1n) is 5.95. The molecule has 0 spiro atoms. The lowest BCUT2D eigenvalue weighted by molar-refractivity contribution is 0.909. The van der Waals surface area contributed by atoms with E-state index in [1.807, 2.05) is 18.3 Å². The zero-order valence-corrected chi connectivity index (χ0v) is 11.7. The average Bonchev–Trinajstić information content (AvgIpc) is 2.32. The molecule has 0 aliphatic heterocycles. The number of halogens is 1. The lowest BCUT2D eigenvalue weighted by Gasteiger charge is -2.21. The van der Waals surface area contributed by atoms with E-state index < -0.39 is 0 Å². The van der Waals surface area contributed by atoms with E-state index in [-0.39, 0.29) is 0 Å². The van der Waals surface area contributed by atoms with Gasteiger partial charge >= 0.3 is 0 Å². The highest BCUT2D eigenvalue weighted by Gasteiger charge is 2.05. The van der Waals surface area contributed by atoms with Crippen LogP contribution in [0.1, 0.15) is 16.7 Å². The lowest BCUT2D eigenvalue weighted by atomic mass is 10.1. The van der Waals surface area contributed by atoms with Crippen LogP contribution in [0.15, 0.2) is 36.5 Å². The van der Waals surface area contributed by atoms with Crippen LogP contribution < -0.4 is 4.90 Å². The summed E-state index contributed by atoms with van der Waals surface area (Å²) in [4.78, 5) is 6.32. The third-order valence-electron chi connectivity index (χ3n) is 2.97. The van der Waals surface area contributed by atoms with Gasteiger partial charge in [0.05, 0.1) is 0 Å². The molecule has 2 aromatic rings. The zero-order chi connectivity index (χ0) is 13.1. The molecule has 0 radical (unpaired) electrons. The Morgan fingerprint density at radius 1 is 1.17 bits per heavy atom. The summed E-state index contributed by atoms with van der Waals surface area (Å²) in [5.74, 6) is 0. The zero-order valence-electron chi connectivity index (χ0n) is 10.9. The number of pyridine rings is 1. The molecule has 0 aliphatic carbocycles. The van der Waals surface area contributed by atoms with Crippen LogP contribution in [0.4, 0.5) is 5.69 Å².